The van der Waals surface area contributed by atoms with Crippen LogP contribution in [0.1, 0.15) is 25.3 Å². The van der Waals surface area contributed by atoms with E-state index in [-0.39, 0.29) is 24.0 Å². The van der Waals surface area contributed by atoms with Crippen LogP contribution in [0.2, 0.25) is 0 Å². The molecule has 2 rings (SSSR count). The maximum atomic E-state index is 4.84. The van der Waals surface area contributed by atoms with Gasteiger partial charge in [-0.25, -0.2) is 0 Å². The molecule has 154 valence electrons. The Morgan fingerprint density at radius 2 is 2.00 bits per heavy atom. The summed E-state index contributed by atoms with van der Waals surface area (Å²) in [6.07, 6.45) is 2.39. The van der Waals surface area contributed by atoms with Crippen LogP contribution in [-0.4, -0.2) is 80.6 Å². The molecule has 0 saturated carbocycles. The van der Waals surface area contributed by atoms with Crippen molar-refractivity contribution < 1.29 is 0 Å². The van der Waals surface area contributed by atoms with E-state index in [1.807, 2.05) is 6.07 Å². The van der Waals surface area contributed by atoms with E-state index < -0.39 is 0 Å². The number of likely N-dealkylation sites (N-methyl/N-ethyl adjacent to an activating group) is 1. The molecule has 1 aromatic rings. The Hall–Kier alpha value is -0.380. The first-order valence-electron chi connectivity index (χ1n) is 9.74. The smallest absolute Gasteiger partial charge is 0.193 e. The van der Waals surface area contributed by atoms with Crippen molar-refractivity contribution in [3.8, 4) is 0 Å². The maximum absolute atomic E-state index is 4.84. The summed E-state index contributed by atoms with van der Waals surface area (Å²) in [7, 11) is 4.32. The third-order valence-electron chi connectivity index (χ3n) is 4.77. The summed E-state index contributed by atoms with van der Waals surface area (Å²) in [5, 5.41) is 3.42. The molecule has 1 aliphatic heterocycles. The lowest BCUT2D eigenvalue weighted by atomic mass is 10.2. The van der Waals surface area contributed by atoms with Gasteiger partial charge in [-0.05, 0) is 58.1 Å². The Bertz CT molecular complexity index is 569. The van der Waals surface area contributed by atoms with Crippen molar-refractivity contribution in [2.75, 3.05) is 59.9 Å². The first-order chi connectivity index (χ1) is 12.6. The van der Waals surface area contributed by atoms with Gasteiger partial charge in [-0.3, -0.25) is 4.99 Å². The Kier molecular flexibility index (Phi) is 12.5. The molecule has 27 heavy (non-hydrogen) atoms. The van der Waals surface area contributed by atoms with Gasteiger partial charge in [-0.1, -0.05) is 34.1 Å². The molecule has 0 aliphatic carbocycles. The van der Waals surface area contributed by atoms with Gasteiger partial charge in [0.25, 0.3) is 0 Å². The van der Waals surface area contributed by atoms with E-state index in [0.29, 0.717) is 0 Å². The van der Waals surface area contributed by atoms with Gasteiger partial charge in [0.15, 0.2) is 5.96 Å². The first-order valence-corrected chi connectivity index (χ1v) is 10.5. The number of nitrogens with zero attached hydrogens (tertiary/aromatic N) is 4. The van der Waals surface area contributed by atoms with Gasteiger partial charge in [-0.15, -0.1) is 24.0 Å². The number of benzene rings is 1. The Balaban J connectivity index is 0.00000364. The van der Waals surface area contributed by atoms with Crippen LogP contribution >= 0.6 is 39.9 Å². The molecule has 1 aliphatic rings. The molecule has 1 saturated heterocycles. The molecule has 1 fully saturated rings. The minimum Gasteiger partial charge on any atom is -0.357 e. The molecule has 1 N–H and O–H groups in total. The zero-order valence-electron chi connectivity index (χ0n) is 17.0. The van der Waals surface area contributed by atoms with Crippen molar-refractivity contribution in [1.82, 2.24) is 20.0 Å². The number of hydrogen-bond acceptors (Lipinski definition) is 3. The van der Waals surface area contributed by atoms with E-state index in [1.165, 1.54) is 38.2 Å². The van der Waals surface area contributed by atoms with Crippen molar-refractivity contribution >= 4 is 45.9 Å². The number of guanidine groups is 1. The normalized spacial score (nSPS) is 16.5. The summed E-state index contributed by atoms with van der Waals surface area (Å²) < 4.78 is 1.15. The molecule has 0 unspecified atom stereocenters. The molecule has 1 aromatic carbocycles. The van der Waals surface area contributed by atoms with Crippen LogP contribution in [0.5, 0.6) is 0 Å². The summed E-state index contributed by atoms with van der Waals surface area (Å²) in [6.45, 7) is 10.7. The molecule has 1 heterocycles. The van der Waals surface area contributed by atoms with E-state index >= 15 is 0 Å². The molecule has 0 aromatic heterocycles. The fourth-order valence-electron chi connectivity index (χ4n) is 3.23. The van der Waals surface area contributed by atoms with Crippen LogP contribution in [0.3, 0.4) is 0 Å². The molecule has 0 radical (unpaired) electrons. The SMILES string of the molecule is CCNC(=NCCCN1CCCN(C)CC1)N(C)Cc1ccccc1Br.I. The van der Waals surface area contributed by atoms with Gasteiger partial charge in [-0.2, -0.15) is 0 Å². The lowest BCUT2D eigenvalue weighted by molar-refractivity contribution is 0.275. The molecular formula is C20H35BrIN5. The Morgan fingerprint density at radius 3 is 2.74 bits per heavy atom. The second-order valence-electron chi connectivity index (χ2n) is 7.04. The molecule has 0 spiro atoms. The van der Waals surface area contributed by atoms with E-state index in [1.54, 1.807) is 0 Å². The minimum atomic E-state index is 0. The quantitative estimate of drug-likeness (QED) is 0.243. The zero-order chi connectivity index (χ0) is 18.8. The highest BCUT2D eigenvalue weighted by Gasteiger charge is 2.12. The van der Waals surface area contributed by atoms with Crippen LogP contribution in [0, 0.1) is 0 Å². The third kappa shape index (κ3) is 9.11. The van der Waals surface area contributed by atoms with E-state index in [0.717, 1.165) is 43.0 Å². The highest BCUT2D eigenvalue weighted by atomic mass is 127. The molecule has 0 amide bonds. The molecule has 0 atom stereocenters. The van der Waals surface area contributed by atoms with Crippen molar-refractivity contribution in [2.45, 2.75) is 26.3 Å². The highest BCUT2D eigenvalue weighted by Crippen LogP contribution is 2.17. The second-order valence-corrected chi connectivity index (χ2v) is 7.89. The van der Waals surface area contributed by atoms with Crippen molar-refractivity contribution in [1.29, 1.82) is 0 Å². The summed E-state index contributed by atoms with van der Waals surface area (Å²) in [4.78, 5) is 12.0. The predicted molar refractivity (Wildman–Crippen MR) is 130 cm³/mol. The monoisotopic (exact) mass is 551 g/mol. The van der Waals surface area contributed by atoms with E-state index in [9.17, 15) is 0 Å². The lowest BCUT2D eigenvalue weighted by Gasteiger charge is -2.23. The summed E-state index contributed by atoms with van der Waals surface area (Å²) >= 11 is 3.64. The van der Waals surface area contributed by atoms with E-state index in [2.05, 4.69) is 75.2 Å². The topological polar surface area (TPSA) is 34.1 Å². The molecular weight excluding hydrogens is 517 g/mol. The summed E-state index contributed by atoms with van der Waals surface area (Å²) in [5.41, 5.74) is 1.27. The molecule has 7 heteroatoms. The van der Waals surface area contributed by atoms with Crippen LogP contribution < -0.4 is 5.32 Å². The van der Waals surface area contributed by atoms with Gasteiger partial charge in [0.2, 0.25) is 0 Å². The van der Waals surface area contributed by atoms with Crippen LogP contribution in [0.25, 0.3) is 0 Å². The largest absolute Gasteiger partial charge is 0.357 e. The average molecular weight is 552 g/mol. The molecule has 5 nitrogen and oxygen atoms in total. The highest BCUT2D eigenvalue weighted by molar-refractivity contribution is 14.0. The maximum Gasteiger partial charge on any atom is 0.193 e. The molecule has 0 bridgehead atoms. The van der Waals surface area contributed by atoms with Crippen LogP contribution in [0.4, 0.5) is 0 Å². The minimum absolute atomic E-state index is 0. The van der Waals surface area contributed by atoms with Gasteiger partial charge >= 0.3 is 0 Å². The van der Waals surface area contributed by atoms with Crippen molar-refractivity contribution in [3.63, 3.8) is 0 Å². The zero-order valence-corrected chi connectivity index (χ0v) is 20.9. The van der Waals surface area contributed by atoms with Crippen molar-refractivity contribution in [3.05, 3.63) is 34.3 Å². The Morgan fingerprint density at radius 1 is 1.22 bits per heavy atom. The summed E-state index contributed by atoms with van der Waals surface area (Å²) in [5.74, 6) is 0.985. The predicted octanol–water partition coefficient (Wildman–Crippen LogP) is 3.49. The van der Waals surface area contributed by atoms with Gasteiger partial charge in [0.05, 0.1) is 0 Å². The van der Waals surface area contributed by atoms with Gasteiger partial charge < -0.3 is 20.0 Å². The number of rotatable bonds is 7. The number of halogens is 2. The lowest BCUT2D eigenvalue weighted by Crippen LogP contribution is -2.38. The van der Waals surface area contributed by atoms with E-state index in [4.69, 9.17) is 4.99 Å². The second kappa shape index (κ2) is 13.7. The van der Waals surface area contributed by atoms with Crippen LogP contribution in [0.15, 0.2) is 33.7 Å². The fraction of sp³-hybridized carbons (Fsp3) is 0.650. The van der Waals surface area contributed by atoms with Gasteiger partial charge in [0.1, 0.15) is 0 Å². The standard InChI is InChI=1S/C20H34BrN5.HI/c1-4-22-20(25(3)17-18-9-5-6-10-19(18)21)23-11-7-13-26-14-8-12-24(2)15-16-26;/h5-6,9-10H,4,7-8,11-17H2,1-3H3,(H,22,23);1H. The first kappa shape index (κ1) is 24.7. The van der Waals surface area contributed by atoms with Crippen LogP contribution in [-0.2, 0) is 6.54 Å². The Labute approximate surface area is 190 Å². The van der Waals surface area contributed by atoms with Crippen molar-refractivity contribution in [2.24, 2.45) is 4.99 Å². The average Bonchev–Trinajstić information content (AvgIpc) is 2.84. The fourth-order valence-corrected chi connectivity index (χ4v) is 3.64. The number of aliphatic imine (C=N–C) groups is 1. The number of hydrogen-bond donors (Lipinski definition) is 1. The number of nitrogens with one attached hydrogen (secondary N) is 1. The third-order valence-corrected chi connectivity index (χ3v) is 5.54. The van der Waals surface area contributed by atoms with Gasteiger partial charge in [0, 0.05) is 44.2 Å². The summed E-state index contributed by atoms with van der Waals surface area (Å²) in [6, 6.07) is 8.37.